The van der Waals surface area contributed by atoms with Gasteiger partial charge in [0.25, 0.3) is 5.91 Å². The van der Waals surface area contributed by atoms with Gasteiger partial charge in [0.1, 0.15) is 11.8 Å². The maximum Gasteiger partial charge on any atom is 0.262 e. The van der Waals surface area contributed by atoms with Crippen LogP contribution in [0.4, 0.5) is 11.4 Å². The summed E-state index contributed by atoms with van der Waals surface area (Å²) >= 11 is 6.36. The number of aromatic nitrogens is 2. The Labute approximate surface area is 205 Å². The molecule has 1 atom stereocenters. The number of hydrogen-bond donors (Lipinski definition) is 2. The highest BCUT2D eigenvalue weighted by molar-refractivity contribution is 6.34. The fourth-order valence-corrected chi connectivity index (χ4v) is 3.71. The fraction of sp³-hybridized carbons (Fsp3) is 0.346. The van der Waals surface area contributed by atoms with Gasteiger partial charge in [-0.1, -0.05) is 44.5 Å². The average molecular weight is 483 g/mol. The second kappa shape index (κ2) is 10.3. The van der Waals surface area contributed by atoms with E-state index in [9.17, 15) is 9.59 Å². The van der Waals surface area contributed by atoms with Crippen LogP contribution in [0.2, 0.25) is 5.02 Å². The van der Waals surface area contributed by atoms with Crippen molar-refractivity contribution in [2.45, 2.75) is 53.0 Å². The molecular weight excluding hydrogens is 452 g/mol. The van der Waals surface area contributed by atoms with Crippen LogP contribution in [0.5, 0.6) is 5.75 Å². The number of aryl methyl sites for hydroxylation is 2. The number of benzene rings is 2. The molecule has 1 aromatic heterocycles. The Morgan fingerprint density at radius 2 is 1.82 bits per heavy atom. The molecule has 7 nitrogen and oxygen atoms in total. The number of rotatable bonds is 7. The molecule has 0 bridgehead atoms. The molecule has 0 saturated heterocycles. The minimum Gasteiger partial charge on any atom is -0.484 e. The van der Waals surface area contributed by atoms with Crippen molar-refractivity contribution in [1.29, 1.82) is 0 Å². The van der Waals surface area contributed by atoms with E-state index in [1.54, 1.807) is 29.8 Å². The third kappa shape index (κ3) is 6.38. The number of nitrogens with one attached hydrogen (secondary N) is 2. The van der Waals surface area contributed by atoms with E-state index in [4.69, 9.17) is 16.3 Å². The number of amides is 2. The number of nitrogens with zero attached hydrogens (tertiary/aromatic N) is 2. The average Bonchev–Trinajstić information content (AvgIpc) is 3.11. The molecule has 34 heavy (non-hydrogen) atoms. The van der Waals surface area contributed by atoms with E-state index in [0.717, 1.165) is 17.0 Å². The lowest BCUT2D eigenvalue weighted by atomic mass is 9.87. The normalized spacial score (nSPS) is 12.2. The third-order valence-corrected chi connectivity index (χ3v) is 5.68. The van der Waals surface area contributed by atoms with Crippen LogP contribution in [-0.2, 0) is 15.0 Å². The Hall–Kier alpha value is -3.32. The van der Waals surface area contributed by atoms with Gasteiger partial charge in [-0.3, -0.25) is 14.3 Å². The molecule has 0 radical (unpaired) electrons. The maximum atomic E-state index is 12.7. The van der Waals surface area contributed by atoms with Crippen LogP contribution in [0.15, 0.2) is 48.5 Å². The lowest BCUT2D eigenvalue weighted by molar-refractivity contribution is -0.119. The molecule has 1 unspecified atom stereocenters. The number of hydrogen-bond acceptors (Lipinski definition) is 4. The van der Waals surface area contributed by atoms with Crippen molar-refractivity contribution in [1.82, 2.24) is 9.78 Å². The first-order chi connectivity index (χ1) is 15.9. The molecular formula is C26H31ClN4O3. The number of halogens is 1. The molecule has 0 saturated carbocycles. The van der Waals surface area contributed by atoms with Crippen LogP contribution >= 0.6 is 11.6 Å². The van der Waals surface area contributed by atoms with Crippen LogP contribution in [0.1, 0.15) is 50.7 Å². The topological polar surface area (TPSA) is 85.2 Å². The zero-order valence-electron chi connectivity index (χ0n) is 20.4. The summed E-state index contributed by atoms with van der Waals surface area (Å²) in [6.07, 6.45) is 0. The van der Waals surface area contributed by atoms with Gasteiger partial charge < -0.3 is 15.4 Å². The molecule has 0 aliphatic carbocycles. The van der Waals surface area contributed by atoms with Crippen LogP contribution in [-0.4, -0.2) is 28.2 Å². The summed E-state index contributed by atoms with van der Waals surface area (Å²) < 4.78 is 7.32. The quantitative estimate of drug-likeness (QED) is 0.454. The van der Waals surface area contributed by atoms with Crippen molar-refractivity contribution < 1.29 is 14.3 Å². The fourth-order valence-electron chi connectivity index (χ4n) is 3.48. The van der Waals surface area contributed by atoms with Crippen molar-refractivity contribution >= 4 is 34.8 Å². The lowest BCUT2D eigenvalue weighted by Gasteiger charge is -2.19. The summed E-state index contributed by atoms with van der Waals surface area (Å²) in [6.45, 7) is 11.8. The minimum absolute atomic E-state index is 0.0104. The van der Waals surface area contributed by atoms with Gasteiger partial charge in [0.15, 0.2) is 6.61 Å². The third-order valence-electron chi connectivity index (χ3n) is 5.37. The monoisotopic (exact) mass is 482 g/mol. The Morgan fingerprint density at radius 1 is 1.09 bits per heavy atom. The molecule has 2 amide bonds. The van der Waals surface area contributed by atoms with Crippen LogP contribution < -0.4 is 15.4 Å². The van der Waals surface area contributed by atoms with E-state index in [0.29, 0.717) is 22.1 Å². The summed E-state index contributed by atoms with van der Waals surface area (Å²) in [4.78, 5) is 25.0. The molecule has 0 fully saturated rings. The molecule has 0 spiro atoms. The highest BCUT2D eigenvalue weighted by Gasteiger charge is 2.19. The zero-order chi connectivity index (χ0) is 25.0. The molecule has 2 N–H and O–H groups in total. The van der Waals surface area contributed by atoms with Crippen molar-refractivity contribution in [2.75, 3.05) is 17.2 Å². The minimum atomic E-state index is -0.502. The summed E-state index contributed by atoms with van der Waals surface area (Å²) in [5, 5.41) is 10.3. The van der Waals surface area contributed by atoms with Gasteiger partial charge in [0.05, 0.1) is 16.4 Å². The van der Waals surface area contributed by atoms with Gasteiger partial charge in [-0.05, 0) is 68.1 Å². The Balaban J connectivity index is 1.58. The number of carbonyl (C=O) groups excluding carboxylic acids is 2. The van der Waals surface area contributed by atoms with Crippen molar-refractivity contribution in [3.8, 4) is 5.75 Å². The van der Waals surface area contributed by atoms with Crippen LogP contribution in [0.25, 0.3) is 0 Å². The molecule has 3 aromatic rings. The zero-order valence-corrected chi connectivity index (χ0v) is 21.2. The molecule has 0 aliphatic rings. The lowest BCUT2D eigenvalue weighted by Crippen LogP contribution is -2.25. The number of carbonyl (C=O) groups is 2. The molecule has 1 heterocycles. The molecule has 0 aliphatic heterocycles. The van der Waals surface area contributed by atoms with Crippen molar-refractivity contribution in [2.24, 2.45) is 0 Å². The van der Waals surface area contributed by atoms with E-state index in [1.807, 2.05) is 44.2 Å². The van der Waals surface area contributed by atoms with Gasteiger partial charge in [-0.2, -0.15) is 5.10 Å². The standard InChI is InChI=1S/C26H31ClN4O3/c1-16-12-17(2)31(30-16)18(3)25(33)29-23-11-10-20(14-22(23)27)28-24(32)15-34-21-9-7-8-19(13-21)26(4,5)6/h7-14,18H,15H2,1-6H3,(H,28,32)(H,29,33). The van der Waals surface area contributed by atoms with Gasteiger partial charge >= 0.3 is 0 Å². The second-order valence-electron chi connectivity index (χ2n) is 9.35. The SMILES string of the molecule is Cc1cc(C)n(C(C)C(=O)Nc2ccc(NC(=O)COc3cccc(C(C)(C)C)c3)cc2Cl)n1. The summed E-state index contributed by atoms with van der Waals surface area (Å²) in [7, 11) is 0. The summed E-state index contributed by atoms with van der Waals surface area (Å²) in [5.41, 5.74) is 3.82. The molecule has 3 rings (SSSR count). The Kier molecular flexibility index (Phi) is 7.67. The first kappa shape index (κ1) is 25.3. The molecule has 8 heteroatoms. The number of ether oxygens (including phenoxy) is 1. The first-order valence-corrected chi connectivity index (χ1v) is 11.5. The van der Waals surface area contributed by atoms with Gasteiger partial charge in [0, 0.05) is 11.4 Å². The van der Waals surface area contributed by atoms with Crippen molar-refractivity contribution in [3.05, 3.63) is 70.5 Å². The van der Waals surface area contributed by atoms with Crippen LogP contribution in [0.3, 0.4) is 0 Å². The largest absolute Gasteiger partial charge is 0.484 e. The van der Waals surface area contributed by atoms with Gasteiger partial charge in [0.2, 0.25) is 5.91 Å². The van der Waals surface area contributed by atoms with E-state index < -0.39 is 6.04 Å². The van der Waals surface area contributed by atoms with Crippen LogP contribution in [0, 0.1) is 13.8 Å². The summed E-state index contributed by atoms with van der Waals surface area (Å²) in [6, 6.07) is 14.0. The number of anilines is 2. The first-order valence-electron chi connectivity index (χ1n) is 11.1. The highest BCUT2D eigenvalue weighted by atomic mass is 35.5. The summed E-state index contributed by atoms with van der Waals surface area (Å²) in [5.74, 6) is 0.0818. The Bertz CT molecular complexity index is 1200. The Morgan fingerprint density at radius 3 is 2.44 bits per heavy atom. The van der Waals surface area contributed by atoms with E-state index >= 15 is 0 Å². The molecule has 2 aromatic carbocycles. The van der Waals surface area contributed by atoms with E-state index in [2.05, 4.69) is 36.5 Å². The van der Waals surface area contributed by atoms with Gasteiger partial charge in [-0.15, -0.1) is 0 Å². The van der Waals surface area contributed by atoms with E-state index in [-0.39, 0.29) is 23.8 Å². The van der Waals surface area contributed by atoms with Gasteiger partial charge in [-0.25, -0.2) is 0 Å². The second-order valence-corrected chi connectivity index (χ2v) is 9.75. The smallest absolute Gasteiger partial charge is 0.262 e. The predicted molar refractivity (Wildman–Crippen MR) is 136 cm³/mol. The predicted octanol–water partition coefficient (Wildman–Crippen LogP) is 5.67. The van der Waals surface area contributed by atoms with Crippen molar-refractivity contribution in [3.63, 3.8) is 0 Å². The highest BCUT2D eigenvalue weighted by Crippen LogP contribution is 2.27. The van der Waals surface area contributed by atoms with E-state index in [1.165, 1.54) is 0 Å². The maximum absolute atomic E-state index is 12.7. The molecule has 180 valence electrons.